The van der Waals surface area contributed by atoms with Gasteiger partial charge in [-0.2, -0.15) is 4.98 Å². The molecule has 180 valence electrons. The minimum atomic E-state index is 0.0104. The van der Waals surface area contributed by atoms with Crippen LogP contribution < -0.4 is 15.5 Å². The molecule has 5 rings (SSSR count). The fraction of sp³-hybridized carbons (Fsp3) is 0.500. The normalized spacial score (nSPS) is 16.9. The summed E-state index contributed by atoms with van der Waals surface area (Å²) in [5, 5.41) is 7.79. The van der Waals surface area contributed by atoms with Gasteiger partial charge in [-0.15, -0.1) is 0 Å². The number of aryl methyl sites for hydroxylation is 1. The number of aromatic nitrogens is 3. The summed E-state index contributed by atoms with van der Waals surface area (Å²) in [6.07, 6.45) is 7.30. The summed E-state index contributed by atoms with van der Waals surface area (Å²) in [7, 11) is 3.60. The van der Waals surface area contributed by atoms with Gasteiger partial charge >= 0.3 is 0 Å². The van der Waals surface area contributed by atoms with Crippen LogP contribution in [0.3, 0.4) is 0 Å². The van der Waals surface area contributed by atoms with Crippen molar-refractivity contribution >= 4 is 34.3 Å². The molecule has 0 bridgehead atoms. The number of piperazine rings is 1. The van der Waals surface area contributed by atoms with Gasteiger partial charge in [0.1, 0.15) is 11.3 Å². The molecular weight excluding hydrogens is 426 g/mol. The molecule has 2 fully saturated rings. The van der Waals surface area contributed by atoms with E-state index in [0.29, 0.717) is 17.7 Å². The number of benzene rings is 1. The predicted octanol–water partition coefficient (Wildman–Crippen LogP) is 3.96. The first-order valence-corrected chi connectivity index (χ1v) is 12.5. The van der Waals surface area contributed by atoms with Crippen molar-refractivity contribution in [3.05, 3.63) is 41.7 Å². The maximum Gasteiger partial charge on any atom is 0.270 e. The molecule has 3 heterocycles. The van der Waals surface area contributed by atoms with Gasteiger partial charge in [0.05, 0.1) is 0 Å². The van der Waals surface area contributed by atoms with Gasteiger partial charge < -0.3 is 25.0 Å². The molecule has 1 saturated heterocycles. The van der Waals surface area contributed by atoms with Crippen LogP contribution in [0.1, 0.15) is 54.7 Å². The molecule has 2 aliphatic rings. The Morgan fingerprint density at radius 2 is 1.94 bits per heavy atom. The van der Waals surface area contributed by atoms with Crippen LogP contribution in [0, 0.1) is 0 Å². The van der Waals surface area contributed by atoms with Gasteiger partial charge in [0.2, 0.25) is 5.95 Å². The van der Waals surface area contributed by atoms with Crippen molar-refractivity contribution < 1.29 is 4.79 Å². The van der Waals surface area contributed by atoms with Crippen LogP contribution in [0.2, 0.25) is 0 Å². The van der Waals surface area contributed by atoms with Gasteiger partial charge in [-0.25, -0.2) is 4.98 Å². The van der Waals surface area contributed by atoms with Crippen molar-refractivity contribution in [2.24, 2.45) is 0 Å². The van der Waals surface area contributed by atoms with Crippen molar-refractivity contribution in [3.63, 3.8) is 0 Å². The Morgan fingerprint density at radius 1 is 1.18 bits per heavy atom. The highest BCUT2D eigenvalue weighted by atomic mass is 16.2. The zero-order valence-electron chi connectivity index (χ0n) is 20.5. The van der Waals surface area contributed by atoms with Crippen molar-refractivity contribution in [3.8, 4) is 0 Å². The van der Waals surface area contributed by atoms with E-state index in [2.05, 4.69) is 50.2 Å². The molecule has 8 heteroatoms. The molecule has 0 spiro atoms. The number of nitrogens with one attached hydrogen (secondary N) is 2. The summed E-state index contributed by atoms with van der Waals surface area (Å²) in [4.78, 5) is 26.5. The second-order valence-electron chi connectivity index (χ2n) is 9.57. The van der Waals surface area contributed by atoms with Gasteiger partial charge in [0, 0.05) is 69.3 Å². The van der Waals surface area contributed by atoms with E-state index in [1.165, 1.54) is 24.1 Å². The molecule has 8 nitrogen and oxygen atoms in total. The Balaban J connectivity index is 1.48. The number of amides is 1. The van der Waals surface area contributed by atoms with Crippen LogP contribution in [-0.4, -0.2) is 65.6 Å². The molecule has 34 heavy (non-hydrogen) atoms. The topological polar surface area (TPSA) is 78.3 Å². The molecule has 1 amide bonds. The Labute approximate surface area is 201 Å². The molecule has 1 aromatic carbocycles. The minimum Gasteiger partial charge on any atom is -0.369 e. The van der Waals surface area contributed by atoms with E-state index in [9.17, 15) is 4.79 Å². The van der Waals surface area contributed by atoms with Gasteiger partial charge in [0.15, 0.2) is 0 Å². The first kappa shape index (κ1) is 22.7. The number of anilines is 3. The number of hydrogen-bond donors (Lipinski definition) is 2. The molecule has 1 saturated carbocycles. The zero-order chi connectivity index (χ0) is 23.7. The van der Waals surface area contributed by atoms with E-state index in [0.717, 1.165) is 62.2 Å². The molecule has 2 aromatic heterocycles. The van der Waals surface area contributed by atoms with E-state index < -0.39 is 0 Å². The van der Waals surface area contributed by atoms with Crippen LogP contribution >= 0.6 is 0 Å². The van der Waals surface area contributed by atoms with E-state index >= 15 is 0 Å². The molecule has 2 N–H and O–H groups in total. The quantitative estimate of drug-likeness (QED) is 0.579. The lowest BCUT2D eigenvalue weighted by Gasteiger charge is -2.30. The average molecular weight is 462 g/mol. The molecule has 3 aromatic rings. The molecule has 0 unspecified atom stereocenters. The Kier molecular flexibility index (Phi) is 6.41. The van der Waals surface area contributed by atoms with Gasteiger partial charge in [0.25, 0.3) is 5.91 Å². The van der Waals surface area contributed by atoms with E-state index in [1.807, 2.05) is 12.3 Å². The smallest absolute Gasteiger partial charge is 0.270 e. The third-order valence-corrected chi connectivity index (χ3v) is 7.09. The van der Waals surface area contributed by atoms with Crippen LogP contribution in [0.4, 0.5) is 17.3 Å². The van der Waals surface area contributed by atoms with Gasteiger partial charge in [-0.3, -0.25) is 4.79 Å². The van der Waals surface area contributed by atoms with Crippen LogP contribution in [-0.2, 0) is 6.42 Å². The van der Waals surface area contributed by atoms with Crippen LogP contribution in [0.15, 0.2) is 30.5 Å². The first-order chi connectivity index (χ1) is 16.5. The number of carbonyl (C=O) groups excluding carboxylic acids is 1. The Bertz CT molecular complexity index is 1170. The molecule has 1 aliphatic carbocycles. The number of fused-ring (bicyclic) bond motifs is 1. The van der Waals surface area contributed by atoms with Crippen molar-refractivity contribution in [1.82, 2.24) is 24.8 Å². The van der Waals surface area contributed by atoms with Crippen LogP contribution in [0.5, 0.6) is 0 Å². The third-order valence-electron chi connectivity index (χ3n) is 7.09. The fourth-order valence-electron chi connectivity index (χ4n) is 5.23. The SMILES string of the molecule is CCc1cc(N2CCNCC2)ccc1Nc1ncc2cc(C(=O)N(C)C)n(C3CCCC3)c2n1. The molecule has 0 radical (unpaired) electrons. The van der Waals surface area contributed by atoms with Crippen molar-refractivity contribution in [1.29, 1.82) is 0 Å². The first-order valence-electron chi connectivity index (χ1n) is 12.5. The summed E-state index contributed by atoms with van der Waals surface area (Å²) < 4.78 is 2.16. The monoisotopic (exact) mass is 461 g/mol. The lowest BCUT2D eigenvalue weighted by atomic mass is 10.1. The van der Waals surface area contributed by atoms with Crippen molar-refractivity contribution in [2.75, 3.05) is 50.5 Å². The maximum atomic E-state index is 12.9. The fourth-order valence-corrected chi connectivity index (χ4v) is 5.23. The predicted molar refractivity (Wildman–Crippen MR) is 137 cm³/mol. The second kappa shape index (κ2) is 9.62. The van der Waals surface area contributed by atoms with E-state index in [4.69, 9.17) is 4.98 Å². The van der Waals surface area contributed by atoms with Gasteiger partial charge in [-0.05, 0) is 49.1 Å². The summed E-state index contributed by atoms with van der Waals surface area (Å²) in [5.74, 6) is 0.578. The lowest BCUT2D eigenvalue weighted by Crippen LogP contribution is -2.43. The highest BCUT2D eigenvalue weighted by Gasteiger charge is 2.26. The summed E-state index contributed by atoms with van der Waals surface area (Å²) in [5.41, 5.74) is 5.08. The molecular formula is C26H35N7O. The number of hydrogen-bond acceptors (Lipinski definition) is 6. The van der Waals surface area contributed by atoms with Gasteiger partial charge in [-0.1, -0.05) is 19.8 Å². The second-order valence-corrected chi connectivity index (χ2v) is 9.57. The largest absolute Gasteiger partial charge is 0.369 e. The Hall–Kier alpha value is -3.13. The zero-order valence-corrected chi connectivity index (χ0v) is 20.5. The number of rotatable bonds is 6. The molecule has 1 aliphatic heterocycles. The third kappa shape index (κ3) is 4.34. The highest BCUT2D eigenvalue weighted by molar-refractivity contribution is 5.98. The average Bonchev–Trinajstić information content (AvgIpc) is 3.51. The van der Waals surface area contributed by atoms with Crippen LogP contribution in [0.25, 0.3) is 11.0 Å². The number of carbonyl (C=O) groups is 1. The van der Waals surface area contributed by atoms with Crippen molar-refractivity contribution in [2.45, 2.75) is 45.1 Å². The Morgan fingerprint density at radius 3 is 2.65 bits per heavy atom. The standard InChI is InChI=1S/C26H35N7O/c1-4-18-15-21(32-13-11-27-12-14-32)9-10-22(18)29-26-28-17-19-16-23(25(34)31(2)3)33(24(19)30-26)20-7-5-6-8-20/h9-10,15-17,20,27H,4-8,11-14H2,1-3H3,(H,28,29,30). The minimum absolute atomic E-state index is 0.0104. The number of nitrogens with zero attached hydrogens (tertiary/aromatic N) is 5. The van der Waals surface area contributed by atoms with E-state index in [-0.39, 0.29) is 5.91 Å². The maximum absolute atomic E-state index is 12.9. The van der Waals surface area contributed by atoms with E-state index in [1.54, 1.807) is 19.0 Å². The molecule has 0 atom stereocenters. The lowest BCUT2D eigenvalue weighted by molar-refractivity contribution is 0.0815. The summed E-state index contributed by atoms with van der Waals surface area (Å²) in [6, 6.07) is 8.85. The highest BCUT2D eigenvalue weighted by Crippen LogP contribution is 2.35. The summed E-state index contributed by atoms with van der Waals surface area (Å²) >= 11 is 0. The summed E-state index contributed by atoms with van der Waals surface area (Å²) in [6.45, 7) is 6.28.